The van der Waals surface area contributed by atoms with Crippen LogP contribution in [0.3, 0.4) is 0 Å². The molecule has 0 spiro atoms. The van der Waals surface area contributed by atoms with Gasteiger partial charge in [-0.25, -0.2) is 4.39 Å². The van der Waals surface area contributed by atoms with Crippen LogP contribution in [0.4, 0.5) is 10.1 Å². The van der Waals surface area contributed by atoms with Crippen LogP contribution in [-0.2, 0) is 4.74 Å². The van der Waals surface area contributed by atoms with Crippen LogP contribution in [0.5, 0.6) is 0 Å². The molecule has 1 heterocycles. The second-order valence-electron chi connectivity index (χ2n) is 4.12. The number of benzene rings is 1. The number of ether oxygens (including phenoxy) is 1. The van der Waals surface area contributed by atoms with Crippen molar-refractivity contribution < 1.29 is 13.9 Å². The number of carbonyl (C=O) groups is 1. The van der Waals surface area contributed by atoms with E-state index >= 15 is 0 Å². The lowest BCUT2D eigenvalue weighted by Gasteiger charge is -2.37. The average molecular weight is 237 g/mol. The van der Waals surface area contributed by atoms with Gasteiger partial charge in [0, 0.05) is 6.54 Å². The fourth-order valence-corrected chi connectivity index (χ4v) is 2.20. The molecule has 92 valence electrons. The monoisotopic (exact) mass is 237 g/mol. The van der Waals surface area contributed by atoms with Crippen LogP contribution in [0.25, 0.3) is 0 Å². The topological polar surface area (TPSA) is 29.5 Å². The maximum absolute atomic E-state index is 13.5. The fraction of sp³-hybridized carbons (Fsp3) is 0.462. The lowest BCUT2D eigenvalue weighted by molar-refractivity contribution is 0.0926. The fourth-order valence-electron chi connectivity index (χ4n) is 2.20. The van der Waals surface area contributed by atoms with E-state index < -0.39 is 5.82 Å². The van der Waals surface area contributed by atoms with Crippen molar-refractivity contribution in [3.63, 3.8) is 0 Å². The Morgan fingerprint density at radius 1 is 1.59 bits per heavy atom. The third-order valence-corrected chi connectivity index (χ3v) is 3.16. The Balaban J connectivity index is 2.37. The zero-order valence-corrected chi connectivity index (χ0v) is 9.86. The van der Waals surface area contributed by atoms with Crippen LogP contribution in [-0.4, -0.2) is 32.1 Å². The van der Waals surface area contributed by atoms with Crippen molar-refractivity contribution >= 4 is 12.0 Å². The lowest BCUT2D eigenvalue weighted by atomic mass is 10.1. The summed E-state index contributed by atoms with van der Waals surface area (Å²) in [6.07, 6.45) is 1.50. The minimum Gasteiger partial charge on any atom is -0.377 e. The highest BCUT2D eigenvalue weighted by Gasteiger charge is 2.24. The maximum Gasteiger partial charge on any atom is 0.155 e. The minimum absolute atomic E-state index is 0.146. The Bertz CT molecular complexity index is 408. The highest BCUT2D eigenvalue weighted by atomic mass is 19.1. The first-order valence-corrected chi connectivity index (χ1v) is 5.86. The molecule has 3 nitrogen and oxygen atoms in total. The van der Waals surface area contributed by atoms with E-state index in [0.717, 1.165) is 6.42 Å². The van der Waals surface area contributed by atoms with Gasteiger partial charge < -0.3 is 9.64 Å². The van der Waals surface area contributed by atoms with Crippen LogP contribution in [0, 0.1) is 5.82 Å². The second-order valence-corrected chi connectivity index (χ2v) is 4.12. The molecular formula is C13H16FNO2. The molecule has 0 aromatic heterocycles. The van der Waals surface area contributed by atoms with Gasteiger partial charge in [-0.2, -0.15) is 0 Å². The molecule has 0 radical (unpaired) electrons. The SMILES string of the molecule is CCC1COCCN1c1cccc(F)c1C=O. The van der Waals surface area contributed by atoms with Gasteiger partial charge >= 0.3 is 0 Å². The number of hydrogen-bond donors (Lipinski definition) is 0. The Labute approximate surface area is 100 Å². The molecule has 1 aliphatic rings. The van der Waals surface area contributed by atoms with Crippen LogP contribution < -0.4 is 4.90 Å². The van der Waals surface area contributed by atoms with Gasteiger partial charge in [-0.3, -0.25) is 4.79 Å². The standard InChI is InChI=1S/C13H16FNO2/c1-2-10-9-17-7-6-15(10)13-5-3-4-12(14)11(13)8-16/h3-5,8,10H,2,6-7,9H2,1H3. The molecule has 1 aromatic rings. The van der Waals surface area contributed by atoms with Gasteiger partial charge in [0.05, 0.1) is 30.5 Å². The minimum atomic E-state index is -0.459. The van der Waals surface area contributed by atoms with Gasteiger partial charge in [0.2, 0.25) is 0 Å². The third-order valence-electron chi connectivity index (χ3n) is 3.16. The highest BCUT2D eigenvalue weighted by Crippen LogP contribution is 2.26. The van der Waals surface area contributed by atoms with E-state index in [1.54, 1.807) is 12.1 Å². The number of hydrogen-bond acceptors (Lipinski definition) is 3. The van der Waals surface area contributed by atoms with Crippen LogP contribution in [0.2, 0.25) is 0 Å². The third kappa shape index (κ3) is 2.31. The molecule has 1 atom stereocenters. The summed E-state index contributed by atoms with van der Waals surface area (Å²) in [5.74, 6) is -0.459. The molecule has 4 heteroatoms. The van der Waals surface area contributed by atoms with E-state index in [9.17, 15) is 9.18 Å². The molecule has 0 bridgehead atoms. The van der Waals surface area contributed by atoms with Gasteiger partial charge in [-0.05, 0) is 18.6 Å². The van der Waals surface area contributed by atoms with E-state index in [1.165, 1.54) is 6.07 Å². The predicted molar refractivity (Wildman–Crippen MR) is 64.0 cm³/mol. The number of carbonyl (C=O) groups excluding carboxylic acids is 1. The summed E-state index contributed by atoms with van der Waals surface area (Å²) < 4.78 is 19.0. The molecule has 0 saturated carbocycles. The zero-order chi connectivity index (χ0) is 12.3. The van der Waals surface area contributed by atoms with Crippen LogP contribution in [0.1, 0.15) is 23.7 Å². The Morgan fingerprint density at radius 2 is 2.41 bits per heavy atom. The molecule has 0 aliphatic carbocycles. The molecule has 2 rings (SSSR count). The quantitative estimate of drug-likeness (QED) is 0.755. The first-order valence-electron chi connectivity index (χ1n) is 5.86. The number of rotatable bonds is 3. The smallest absolute Gasteiger partial charge is 0.155 e. The van der Waals surface area contributed by atoms with Crippen LogP contribution in [0.15, 0.2) is 18.2 Å². The summed E-state index contributed by atoms with van der Waals surface area (Å²) in [5, 5.41) is 0. The Hall–Kier alpha value is -1.42. The first-order chi connectivity index (χ1) is 8.27. The molecule has 1 aromatic carbocycles. The molecule has 1 aliphatic heterocycles. The van der Waals surface area contributed by atoms with Gasteiger partial charge in [0.15, 0.2) is 6.29 Å². The highest BCUT2D eigenvalue weighted by molar-refractivity contribution is 5.85. The maximum atomic E-state index is 13.5. The number of halogens is 1. The summed E-state index contributed by atoms with van der Waals surface area (Å²) in [6, 6.07) is 4.96. The summed E-state index contributed by atoms with van der Waals surface area (Å²) in [6.45, 7) is 4.01. The van der Waals surface area contributed by atoms with Gasteiger partial charge in [-0.1, -0.05) is 13.0 Å². The number of nitrogens with zero attached hydrogens (tertiary/aromatic N) is 1. The lowest BCUT2D eigenvalue weighted by Crippen LogP contribution is -2.45. The number of morpholine rings is 1. The summed E-state index contributed by atoms with van der Waals surface area (Å²) in [5.41, 5.74) is 0.822. The first kappa shape index (κ1) is 12.0. The van der Waals surface area contributed by atoms with Crippen molar-refractivity contribution in [1.82, 2.24) is 0 Å². The van der Waals surface area contributed by atoms with E-state index in [4.69, 9.17) is 4.74 Å². The molecule has 0 N–H and O–H groups in total. The summed E-state index contributed by atoms with van der Waals surface area (Å²) in [7, 11) is 0. The molecular weight excluding hydrogens is 221 g/mol. The van der Waals surface area contributed by atoms with E-state index in [2.05, 4.69) is 11.8 Å². The van der Waals surface area contributed by atoms with E-state index in [-0.39, 0.29) is 11.6 Å². The predicted octanol–water partition coefficient (Wildman–Crippen LogP) is 2.25. The van der Waals surface area contributed by atoms with Crippen molar-refractivity contribution in [3.05, 3.63) is 29.6 Å². The average Bonchev–Trinajstić information content (AvgIpc) is 2.38. The second kappa shape index (κ2) is 5.27. The van der Waals surface area contributed by atoms with E-state index in [0.29, 0.717) is 31.7 Å². The molecule has 0 amide bonds. The van der Waals surface area contributed by atoms with Crippen molar-refractivity contribution in [2.45, 2.75) is 19.4 Å². The van der Waals surface area contributed by atoms with Gasteiger partial charge in [0.1, 0.15) is 5.82 Å². The van der Waals surface area contributed by atoms with Crippen LogP contribution >= 0.6 is 0 Å². The van der Waals surface area contributed by atoms with Crippen molar-refractivity contribution in [2.24, 2.45) is 0 Å². The summed E-state index contributed by atoms with van der Waals surface area (Å²) in [4.78, 5) is 13.1. The molecule has 1 unspecified atom stereocenters. The van der Waals surface area contributed by atoms with Crippen molar-refractivity contribution in [2.75, 3.05) is 24.7 Å². The molecule has 1 fully saturated rings. The Kier molecular flexibility index (Phi) is 3.74. The zero-order valence-electron chi connectivity index (χ0n) is 9.86. The normalized spacial score (nSPS) is 20.4. The molecule has 1 saturated heterocycles. The number of aldehydes is 1. The van der Waals surface area contributed by atoms with Crippen molar-refractivity contribution in [3.8, 4) is 0 Å². The number of anilines is 1. The van der Waals surface area contributed by atoms with Crippen molar-refractivity contribution in [1.29, 1.82) is 0 Å². The Morgan fingerprint density at radius 3 is 3.12 bits per heavy atom. The molecule has 17 heavy (non-hydrogen) atoms. The summed E-state index contributed by atoms with van der Waals surface area (Å²) >= 11 is 0. The largest absolute Gasteiger partial charge is 0.377 e. The van der Waals surface area contributed by atoms with Gasteiger partial charge in [0.25, 0.3) is 0 Å². The van der Waals surface area contributed by atoms with E-state index in [1.807, 2.05) is 0 Å². The van der Waals surface area contributed by atoms with Gasteiger partial charge in [-0.15, -0.1) is 0 Å².